The molecule has 0 unspecified atom stereocenters. The number of carbonyl (C=O) groups excluding carboxylic acids is 1. The summed E-state index contributed by atoms with van der Waals surface area (Å²) >= 11 is 6.20. The van der Waals surface area contributed by atoms with Gasteiger partial charge in [0.05, 0.1) is 15.6 Å². The van der Waals surface area contributed by atoms with Crippen molar-refractivity contribution in [1.29, 1.82) is 0 Å². The highest BCUT2D eigenvalue weighted by Crippen LogP contribution is 2.26. The quantitative estimate of drug-likeness (QED) is 0.803. The van der Waals surface area contributed by atoms with Crippen molar-refractivity contribution < 1.29 is 13.2 Å². The van der Waals surface area contributed by atoms with E-state index >= 15 is 0 Å². The van der Waals surface area contributed by atoms with Crippen LogP contribution >= 0.6 is 11.6 Å². The highest BCUT2D eigenvalue weighted by atomic mass is 35.5. The van der Waals surface area contributed by atoms with E-state index in [2.05, 4.69) is 10.0 Å². The maximum absolute atomic E-state index is 12.5. The Labute approximate surface area is 158 Å². The van der Waals surface area contributed by atoms with Gasteiger partial charge in [-0.05, 0) is 50.1 Å². The number of benzene rings is 2. The Morgan fingerprint density at radius 2 is 1.73 bits per heavy atom. The van der Waals surface area contributed by atoms with Gasteiger partial charge >= 0.3 is 0 Å². The van der Waals surface area contributed by atoms with Gasteiger partial charge in [0, 0.05) is 11.6 Å². The lowest BCUT2D eigenvalue weighted by molar-refractivity contribution is 0.0938. The van der Waals surface area contributed by atoms with Crippen molar-refractivity contribution in [2.75, 3.05) is 4.72 Å². The summed E-state index contributed by atoms with van der Waals surface area (Å²) in [6, 6.07) is 11.3. The van der Waals surface area contributed by atoms with Crippen LogP contribution in [0.25, 0.3) is 0 Å². The Morgan fingerprint density at radius 1 is 1.08 bits per heavy atom. The fourth-order valence-electron chi connectivity index (χ4n) is 3.00. The molecule has 1 aliphatic carbocycles. The molecule has 2 aromatic carbocycles. The van der Waals surface area contributed by atoms with E-state index in [1.165, 1.54) is 24.3 Å². The van der Waals surface area contributed by atoms with E-state index in [1.54, 1.807) is 18.2 Å². The third-order valence-corrected chi connectivity index (χ3v) is 6.19. The molecular weight excluding hydrogens is 372 g/mol. The summed E-state index contributed by atoms with van der Waals surface area (Å²) in [7, 11) is -3.74. The fraction of sp³-hybridized carbons (Fsp3) is 0.316. The SMILES string of the molecule is Cc1ccc(S(=O)(=O)Nc2ccc(C(=O)NC3CCCC3)cc2Cl)cc1. The standard InChI is InChI=1S/C19H21ClN2O3S/c1-13-6-9-16(10-7-13)26(24,25)22-18-11-8-14(12-17(18)20)19(23)21-15-4-2-3-5-15/h6-12,15,22H,2-5H2,1H3,(H,21,23). The number of carbonyl (C=O) groups is 1. The van der Waals surface area contributed by atoms with Crippen LogP contribution in [0.2, 0.25) is 5.02 Å². The van der Waals surface area contributed by atoms with E-state index in [0.717, 1.165) is 31.2 Å². The summed E-state index contributed by atoms with van der Waals surface area (Å²) in [6.07, 6.45) is 4.25. The Bertz CT molecular complexity index is 905. The molecule has 2 N–H and O–H groups in total. The predicted molar refractivity (Wildman–Crippen MR) is 103 cm³/mol. The van der Waals surface area contributed by atoms with Crippen molar-refractivity contribution >= 4 is 33.2 Å². The molecule has 0 spiro atoms. The average molecular weight is 393 g/mol. The van der Waals surface area contributed by atoms with E-state index in [4.69, 9.17) is 11.6 Å². The van der Waals surface area contributed by atoms with E-state index < -0.39 is 10.0 Å². The van der Waals surface area contributed by atoms with Gasteiger partial charge in [0.15, 0.2) is 0 Å². The molecular formula is C19H21ClN2O3S. The molecule has 138 valence electrons. The Balaban J connectivity index is 1.74. The number of halogens is 1. The number of amides is 1. The molecule has 0 heterocycles. The van der Waals surface area contributed by atoms with Gasteiger partial charge in [0.1, 0.15) is 0 Å². The number of anilines is 1. The minimum Gasteiger partial charge on any atom is -0.349 e. The number of hydrogen-bond donors (Lipinski definition) is 2. The van der Waals surface area contributed by atoms with Crippen molar-refractivity contribution in [2.24, 2.45) is 0 Å². The molecule has 1 aliphatic rings. The van der Waals surface area contributed by atoms with Crippen molar-refractivity contribution in [2.45, 2.75) is 43.5 Å². The molecule has 2 aromatic rings. The molecule has 0 aliphatic heterocycles. The predicted octanol–water partition coefficient (Wildman–Crippen LogP) is 4.12. The number of nitrogens with one attached hydrogen (secondary N) is 2. The van der Waals surface area contributed by atoms with Gasteiger partial charge in [-0.1, -0.05) is 42.1 Å². The zero-order chi connectivity index (χ0) is 18.7. The first-order valence-electron chi connectivity index (χ1n) is 8.55. The van der Waals surface area contributed by atoms with Gasteiger partial charge < -0.3 is 5.32 Å². The zero-order valence-corrected chi connectivity index (χ0v) is 16.0. The van der Waals surface area contributed by atoms with E-state index in [1.807, 2.05) is 6.92 Å². The van der Waals surface area contributed by atoms with Crippen molar-refractivity contribution in [3.63, 3.8) is 0 Å². The molecule has 0 radical (unpaired) electrons. The van der Waals surface area contributed by atoms with Crippen LogP contribution in [-0.4, -0.2) is 20.4 Å². The molecule has 0 saturated heterocycles. The monoisotopic (exact) mass is 392 g/mol. The number of hydrogen-bond acceptors (Lipinski definition) is 3. The van der Waals surface area contributed by atoms with E-state index in [9.17, 15) is 13.2 Å². The lowest BCUT2D eigenvalue weighted by atomic mass is 10.1. The van der Waals surface area contributed by atoms with Crippen LogP contribution < -0.4 is 10.0 Å². The number of rotatable bonds is 5. The largest absolute Gasteiger partial charge is 0.349 e. The topological polar surface area (TPSA) is 75.3 Å². The summed E-state index contributed by atoms with van der Waals surface area (Å²) < 4.78 is 27.4. The average Bonchev–Trinajstić information content (AvgIpc) is 3.10. The van der Waals surface area contributed by atoms with Gasteiger partial charge in [0.25, 0.3) is 15.9 Å². The van der Waals surface area contributed by atoms with E-state index in [0.29, 0.717) is 5.56 Å². The van der Waals surface area contributed by atoms with Gasteiger partial charge in [-0.15, -0.1) is 0 Å². The molecule has 3 rings (SSSR count). The summed E-state index contributed by atoms with van der Waals surface area (Å²) in [5, 5.41) is 3.17. The Hall–Kier alpha value is -2.05. The maximum Gasteiger partial charge on any atom is 0.261 e. The van der Waals surface area contributed by atoms with Crippen molar-refractivity contribution in [3.05, 3.63) is 58.6 Å². The highest BCUT2D eigenvalue weighted by Gasteiger charge is 2.20. The first-order chi connectivity index (χ1) is 12.3. The summed E-state index contributed by atoms with van der Waals surface area (Å²) in [6.45, 7) is 1.88. The Morgan fingerprint density at radius 3 is 2.35 bits per heavy atom. The molecule has 1 amide bonds. The molecule has 0 bridgehead atoms. The Kier molecular flexibility index (Phi) is 5.53. The second-order valence-corrected chi connectivity index (χ2v) is 8.66. The van der Waals surface area contributed by atoms with E-state index in [-0.39, 0.29) is 27.6 Å². The van der Waals surface area contributed by atoms with Crippen LogP contribution in [0.4, 0.5) is 5.69 Å². The van der Waals surface area contributed by atoms with Crippen molar-refractivity contribution in [1.82, 2.24) is 5.32 Å². The minimum absolute atomic E-state index is 0.155. The van der Waals surface area contributed by atoms with Crippen LogP contribution in [0.3, 0.4) is 0 Å². The van der Waals surface area contributed by atoms with Gasteiger partial charge in [0.2, 0.25) is 0 Å². The van der Waals surface area contributed by atoms with Crippen molar-refractivity contribution in [3.8, 4) is 0 Å². The van der Waals surface area contributed by atoms with Gasteiger partial charge in [-0.25, -0.2) is 8.42 Å². The summed E-state index contributed by atoms with van der Waals surface area (Å²) in [4.78, 5) is 12.4. The van der Waals surface area contributed by atoms with Gasteiger partial charge in [-0.2, -0.15) is 0 Å². The molecule has 1 saturated carbocycles. The maximum atomic E-state index is 12.5. The number of sulfonamides is 1. The zero-order valence-electron chi connectivity index (χ0n) is 14.5. The second kappa shape index (κ2) is 7.68. The first-order valence-corrected chi connectivity index (χ1v) is 10.4. The smallest absolute Gasteiger partial charge is 0.261 e. The fourth-order valence-corrected chi connectivity index (χ4v) is 4.36. The molecule has 1 fully saturated rings. The molecule has 0 atom stereocenters. The lowest BCUT2D eigenvalue weighted by Crippen LogP contribution is -2.32. The molecule has 5 nitrogen and oxygen atoms in total. The van der Waals surface area contributed by atoms with Gasteiger partial charge in [-0.3, -0.25) is 9.52 Å². The van der Waals surface area contributed by atoms with Crippen LogP contribution in [0.1, 0.15) is 41.6 Å². The number of aryl methyl sites for hydroxylation is 1. The molecule has 7 heteroatoms. The third-order valence-electron chi connectivity index (χ3n) is 4.50. The first kappa shape index (κ1) is 18.7. The van der Waals surface area contributed by atoms with Crippen LogP contribution in [0.15, 0.2) is 47.4 Å². The lowest BCUT2D eigenvalue weighted by Gasteiger charge is -2.14. The van der Waals surface area contributed by atoms with Crippen LogP contribution in [0.5, 0.6) is 0 Å². The third kappa shape index (κ3) is 4.37. The second-order valence-electron chi connectivity index (χ2n) is 6.57. The minimum atomic E-state index is -3.74. The van der Waals surface area contributed by atoms with Crippen LogP contribution in [-0.2, 0) is 10.0 Å². The molecule has 0 aromatic heterocycles. The molecule has 26 heavy (non-hydrogen) atoms. The summed E-state index contributed by atoms with van der Waals surface area (Å²) in [5.41, 5.74) is 1.63. The van der Waals surface area contributed by atoms with Crippen LogP contribution in [0, 0.1) is 6.92 Å². The normalized spacial score (nSPS) is 15.0. The summed E-state index contributed by atoms with van der Waals surface area (Å²) in [5.74, 6) is -0.188. The highest BCUT2D eigenvalue weighted by molar-refractivity contribution is 7.92.